The number of aryl methyl sites for hydroxylation is 2. The Kier molecular flexibility index (Phi) is 11.9. The van der Waals surface area contributed by atoms with Gasteiger partial charge >= 0.3 is 5.97 Å². The molecule has 0 radical (unpaired) electrons. The van der Waals surface area contributed by atoms with Gasteiger partial charge in [0.1, 0.15) is 5.75 Å². The lowest BCUT2D eigenvalue weighted by Crippen LogP contribution is -2.18. The fraction of sp³-hybridized carbons (Fsp3) is 0.708. The van der Waals surface area contributed by atoms with Gasteiger partial charge in [-0.2, -0.15) is 0 Å². The fourth-order valence-corrected chi connectivity index (χ4v) is 3.78. The fourth-order valence-electron chi connectivity index (χ4n) is 3.78. The van der Waals surface area contributed by atoms with Gasteiger partial charge in [-0.3, -0.25) is 4.79 Å². The molecule has 0 amide bonds. The Morgan fingerprint density at radius 3 is 2.26 bits per heavy atom. The SMILES string of the molecule is CCCCCCCC(CCCOc1c(C)cccc1C)C(C)CC(=O)OC. The average molecular weight is 377 g/mol. The van der Waals surface area contributed by atoms with Gasteiger partial charge in [0.05, 0.1) is 13.7 Å². The van der Waals surface area contributed by atoms with E-state index in [1.54, 1.807) is 0 Å². The van der Waals surface area contributed by atoms with Gasteiger partial charge in [0, 0.05) is 6.42 Å². The summed E-state index contributed by atoms with van der Waals surface area (Å²) in [5, 5.41) is 0. The van der Waals surface area contributed by atoms with E-state index in [0.29, 0.717) is 18.3 Å². The van der Waals surface area contributed by atoms with Crippen LogP contribution < -0.4 is 4.74 Å². The maximum absolute atomic E-state index is 11.7. The third kappa shape index (κ3) is 9.30. The van der Waals surface area contributed by atoms with Crippen molar-refractivity contribution in [3.05, 3.63) is 29.3 Å². The molecule has 0 bridgehead atoms. The summed E-state index contributed by atoms with van der Waals surface area (Å²) in [5.41, 5.74) is 2.39. The summed E-state index contributed by atoms with van der Waals surface area (Å²) in [6, 6.07) is 6.26. The minimum Gasteiger partial charge on any atom is -0.493 e. The van der Waals surface area contributed by atoms with Gasteiger partial charge < -0.3 is 9.47 Å². The summed E-state index contributed by atoms with van der Waals surface area (Å²) in [5.74, 6) is 1.86. The number of rotatable bonds is 14. The minimum absolute atomic E-state index is 0.0923. The van der Waals surface area contributed by atoms with Crippen LogP contribution in [0.3, 0.4) is 0 Å². The first-order valence-electron chi connectivity index (χ1n) is 10.7. The van der Waals surface area contributed by atoms with Crippen molar-refractivity contribution in [2.24, 2.45) is 11.8 Å². The van der Waals surface area contributed by atoms with E-state index in [4.69, 9.17) is 9.47 Å². The van der Waals surface area contributed by atoms with E-state index in [9.17, 15) is 4.79 Å². The first-order valence-corrected chi connectivity index (χ1v) is 10.7. The molecule has 1 aromatic carbocycles. The zero-order valence-electron chi connectivity index (χ0n) is 18.2. The summed E-state index contributed by atoms with van der Waals surface area (Å²) < 4.78 is 10.9. The summed E-state index contributed by atoms with van der Waals surface area (Å²) in [6.45, 7) is 9.38. The Bertz CT molecular complexity index is 518. The molecular weight excluding hydrogens is 336 g/mol. The molecule has 0 saturated heterocycles. The molecule has 27 heavy (non-hydrogen) atoms. The molecule has 3 nitrogen and oxygen atoms in total. The van der Waals surface area contributed by atoms with Crippen molar-refractivity contribution < 1.29 is 14.3 Å². The lowest BCUT2D eigenvalue weighted by molar-refractivity contribution is -0.142. The highest BCUT2D eigenvalue weighted by atomic mass is 16.5. The second kappa shape index (κ2) is 13.6. The van der Waals surface area contributed by atoms with Gasteiger partial charge in [-0.15, -0.1) is 0 Å². The lowest BCUT2D eigenvalue weighted by atomic mass is 9.83. The van der Waals surface area contributed by atoms with E-state index in [1.807, 2.05) is 0 Å². The molecule has 1 aromatic rings. The molecule has 2 atom stereocenters. The number of esters is 1. The lowest BCUT2D eigenvalue weighted by Gasteiger charge is -2.23. The first-order chi connectivity index (χ1) is 13.0. The maximum atomic E-state index is 11.7. The standard InChI is InChI=1S/C24H40O3/c1-6-7-8-9-10-15-22(21(4)18-23(25)26-5)16-12-17-27-24-19(2)13-11-14-20(24)3/h11,13-14,21-22H,6-10,12,15-18H2,1-5H3. The Balaban J connectivity index is 2.47. The van der Waals surface area contributed by atoms with Crippen molar-refractivity contribution in [3.63, 3.8) is 0 Å². The number of ether oxygens (including phenoxy) is 2. The predicted octanol–water partition coefficient (Wildman–Crippen LogP) is 6.64. The molecule has 2 unspecified atom stereocenters. The van der Waals surface area contributed by atoms with Crippen LogP contribution in [0.1, 0.15) is 82.8 Å². The van der Waals surface area contributed by atoms with Crippen molar-refractivity contribution >= 4 is 5.97 Å². The van der Waals surface area contributed by atoms with Crippen LogP contribution >= 0.6 is 0 Å². The molecule has 1 rings (SSSR count). The van der Waals surface area contributed by atoms with Crippen molar-refractivity contribution in [2.75, 3.05) is 13.7 Å². The molecule has 154 valence electrons. The first kappa shape index (κ1) is 23.5. The average Bonchev–Trinajstić information content (AvgIpc) is 2.64. The largest absolute Gasteiger partial charge is 0.493 e. The molecular formula is C24H40O3. The van der Waals surface area contributed by atoms with Gasteiger partial charge in [0.2, 0.25) is 0 Å². The van der Waals surface area contributed by atoms with E-state index in [0.717, 1.165) is 25.2 Å². The zero-order chi connectivity index (χ0) is 20.1. The number of hydrogen-bond donors (Lipinski definition) is 0. The molecule has 0 aliphatic heterocycles. The van der Waals surface area contributed by atoms with Gasteiger partial charge in [-0.05, 0) is 49.7 Å². The molecule has 0 aliphatic carbocycles. The third-order valence-electron chi connectivity index (χ3n) is 5.57. The topological polar surface area (TPSA) is 35.5 Å². The van der Waals surface area contributed by atoms with Crippen molar-refractivity contribution in [3.8, 4) is 5.75 Å². The van der Waals surface area contributed by atoms with Crippen LogP contribution in [-0.4, -0.2) is 19.7 Å². The monoisotopic (exact) mass is 376 g/mol. The molecule has 0 heterocycles. The quantitative estimate of drug-likeness (QED) is 0.270. The van der Waals surface area contributed by atoms with E-state index in [-0.39, 0.29) is 5.97 Å². The van der Waals surface area contributed by atoms with Crippen molar-refractivity contribution in [1.82, 2.24) is 0 Å². The highest BCUT2D eigenvalue weighted by molar-refractivity contribution is 5.69. The number of unbranched alkanes of at least 4 members (excludes halogenated alkanes) is 4. The Morgan fingerprint density at radius 2 is 1.63 bits per heavy atom. The number of para-hydroxylation sites is 1. The minimum atomic E-state index is -0.0923. The van der Waals surface area contributed by atoms with Crippen molar-refractivity contribution in [1.29, 1.82) is 0 Å². The Hall–Kier alpha value is -1.51. The molecule has 0 fully saturated rings. The maximum Gasteiger partial charge on any atom is 0.305 e. The van der Waals surface area contributed by atoms with Crippen LogP contribution in [0.25, 0.3) is 0 Å². The summed E-state index contributed by atoms with van der Waals surface area (Å²) in [7, 11) is 1.48. The molecule has 0 N–H and O–H groups in total. The van der Waals surface area contributed by atoms with E-state index < -0.39 is 0 Å². The Morgan fingerprint density at radius 1 is 1.00 bits per heavy atom. The molecule has 0 saturated carbocycles. The normalized spacial score (nSPS) is 13.2. The molecule has 0 spiro atoms. The Labute approximate surface area is 166 Å². The number of carbonyl (C=O) groups is 1. The zero-order valence-corrected chi connectivity index (χ0v) is 18.2. The third-order valence-corrected chi connectivity index (χ3v) is 5.57. The smallest absolute Gasteiger partial charge is 0.305 e. The summed E-state index contributed by atoms with van der Waals surface area (Å²) in [6.07, 6.45) is 10.3. The van der Waals surface area contributed by atoms with E-state index >= 15 is 0 Å². The van der Waals surface area contributed by atoms with Gasteiger partial charge in [0.25, 0.3) is 0 Å². The predicted molar refractivity (Wildman–Crippen MR) is 113 cm³/mol. The van der Waals surface area contributed by atoms with Gasteiger partial charge in [-0.25, -0.2) is 0 Å². The molecule has 0 aromatic heterocycles. The summed E-state index contributed by atoms with van der Waals surface area (Å²) in [4.78, 5) is 11.7. The molecule has 0 aliphatic rings. The van der Waals surface area contributed by atoms with E-state index in [2.05, 4.69) is 45.9 Å². The number of benzene rings is 1. The highest BCUT2D eigenvalue weighted by Gasteiger charge is 2.20. The van der Waals surface area contributed by atoms with Crippen molar-refractivity contribution in [2.45, 2.75) is 85.5 Å². The van der Waals surface area contributed by atoms with Crippen LogP contribution in [0, 0.1) is 25.7 Å². The van der Waals surface area contributed by atoms with Crippen LogP contribution in [0.15, 0.2) is 18.2 Å². The van der Waals surface area contributed by atoms with Gasteiger partial charge in [0.15, 0.2) is 0 Å². The van der Waals surface area contributed by atoms with Crippen LogP contribution in [-0.2, 0) is 9.53 Å². The van der Waals surface area contributed by atoms with E-state index in [1.165, 1.54) is 56.8 Å². The number of carbonyl (C=O) groups excluding carboxylic acids is 1. The van der Waals surface area contributed by atoms with Crippen LogP contribution in [0.4, 0.5) is 0 Å². The second-order valence-corrected chi connectivity index (χ2v) is 7.93. The number of hydrogen-bond acceptors (Lipinski definition) is 3. The highest BCUT2D eigenvalue weighted by Crippen LogP contribution is 2.28. The second-order valence-electron chi connectivity index (χ2n) is 7.93. The van der Waals surface area contributed by atoms with Crippen LogP contribution in [0.2, 0.25) is 0 Å². The number of methoxy groups -OCH3 is 1. The van der Waals surface area contributed by atoms with Gasteiger partial charge in [-0.1, -0.05) is 70.6 Å². The molecule has 3 heteroatoms. The summed E-state index contributed by atoms with van der Waals surface area (Å²) >= 11 is 0. The van der Waals surface area contributed by atoms with Crippen LogP contribution in [0.5, 0.6) is 5.75 Å².